The van der Waals surface area contributed by atoms with Gasteiger partial charge in [-0.15, -0.1) is 4.59 Å². The van der Waals surface area contributed by atoms with E-state index in [-0.39, 0.29) is 28.3 Å². The largest absolute Gasteiger partial charge is 0.388 e. The fraction of sp³-hybridized carbons (Fsp3) is 0.269. The van der Waals surface area contributed by atoms with Gasteiger partial charge >= 0.3 is 5.91 Å². The van der Waals surface area contributed by atoms with Crippen molar-refractivity contribution in [2.24, 2.45) is 11.8 Å². The molecule has 1 heterocycles. The number of benzene rings is 3. The Labute approximate surface area is 177 Å². The van der Waals surface area contributed by atoms with Crippen LogP contribution in [-0.4, -0.2) is 17.6 Å². The molecule has 2 aliphatic rings. The van der Waals surface area contributed by atoms with E-state index in [0.29, 0.717) is 12.1 Å². The SMILES string of the molecule is CC(c1ccccc1)[C@H]1C[C@@H]2C[N+](N)(C(=O)c3ccccc3)c3cccc(c32)[C@@H]1O. The Hall–Kier alpha value is -2.79. The Balaban J connectivity index is 1.54. The van der Waals surface area contributed by atoms with Gasteiger partial charge in [-0.1, -0.05) is 67.6 Å². The third-order valence-electron chi connectivity index (χ3n) is 7.09. The van der Waals surface area contributed by atoms with E-state index in [9.17, 15) is 9.90 Å². The highest BCUT2D eigenvalue weighted by Gasteiger charge is 2.53. The molecule has 30 heavy (non-hydrogen) atoms. The lowest BCUT2D eigenvalue weighted by molar-refractivity contribution is 0.0682. The molecule has 0 aromatic heterocycles. The Morgan fingerprint density at radius 3 is 2.37 bits per heavy atom. The zero-order chi connectivity index (χ0) is 20.9. The van der Waals surface area contributed by atoms with E-state index in [1.165, 1.54) is 5.56 Å². The summed E-state index contributed by atoms with van der Waals surface area (Å²) in [7, 11) is 0. The Bertz CT molecular complexity index is 1080. The van der Waals surface area contributed by atoms with Gasteiger partial charge in [-0.2, -0.15) is 5.84 Å². The van der Waals surface area contributed by atoms with E-state index in [1.54, 1.807) is 0 Å². The summed E-state index contributed by atoms with van der Waals surface area (Å²) in [5.74, 6) is 7.15. The van der Waals surface area contributed by atoms with Gasteiger partial charge in [0, 0.05) is 17.5 Å². The van der Waals surface area contributed by atoms with E-state index in [4.69, 9.17) is 5.84 Å². The van der Waals surface area contributed by atoms with Gasteiger partial charge in [-0.3, -0.25) is 0 Å². The lowest BCUT2D eigenvalue weighted by Gasteiger charge is -2.36. The van der Waals surface area contributed by atoms with E-state index in [1.807, 2.05) is 66.7 Å². The van der Waals surface area contributed by atoms with Crippen molar-refractivity contribution in [3.63, 3.8) is 0 Å². The van der Waals surface area contributed by atoms with E-state index in [0.717, 1.165) is 23.2 Å². The molecular formula is C26H27N2O2+. The maximum Gasteiger partial charge on any atom is 0.369 e. The number of nitrogens with two attached hydrogens (primary N) is 1. The molecule has 4 nitrogen and oxygen atoms in total. The average molecular weight is 400 g/mol. The number of rotatable bonds is 3. The van der Waals surface area contributed by atoms with Crippen molar-refractivity contribution in [1.82, 2.24) is 4.59 Å². The number of hydrogen-bond acceptors (Lipinski definition) is 3. The Morgan fingerprint density at radius 1 is 1.00 bits per heavy atom. The highest BCUT2D eigenvalue weighted by Crippen LogP contribution is 2.54. The molecular weight excluding hydrogens is 372 g/mol. The average Bonchev–Trinajstić information content (AvgIpc) is 3.10. The number of hydrogen-bond donors (Lipinski definition) is 2. The quantitative estimate of drug-likeness (QED) is 0.382. The van der Waals surface area contributed by atoms with Crippen LogP contribution >= 0.6 is 0 Å². The first-order valence-corrected chi connectivity index (χ1v) is 10.6. The van der Waals surface area contributed by atoms with Crippen LogP contribution in [0.3, 0.4) is 0 Å². The molecule has 152 valence electrons. The number of carbonyl (C=O) groups excluding carboxylic acids is 1. The topological polar surface area (TPSA) is 63.3 Å². The number of carbonyl (C=O) groups is 1. The van der Waals surface area contributed by atoms with Crippen LogP contribution in [0.25, 0.3) is 0 Å². The number of aliphatic hydroxyl groups is 1. The third-order valence-corrected chi connectivity index (χ3v) is 7.09. The van der Waals surface area contributed by atoms with Gasteiger partial charge in [-0.05, 0) is 41.5 Å². The molecule has 0 bridgehead atoms. The van der Waals surface area contributed by atoms with Gasteiger partial charge in [0.05, 0.1) is 11.7 Å². The summed E-state index contributed by atoms with van der Waals surface area (Å²) in [6.45, 7) is 2.72. The smallest absolute Gasteiger partial charge is 0.369 e. The molecule has 3 aromatic carbocycles. The minimum absolute atomic E-state index is 0.0820. The van der Waals surface area contributed by atoms with Crippen LogP contribution in [-0.2, 0) is 0 Å². The summed E-state index contributed by atoms with van der Waals surface area (Å²) in [5.41, 5.74) is 4.69. The van der Waals surface area contributed by atoms with Crippen molar-refractivity contribution >= 4 is 11.6 Å². The van der Waals surface area contributed by atoms with Crippen LogP contribution in [0.2, 0.25) is 0 Å². The summed E-state index contributed by atoms with van der Waals surface area (Å²) < 4.78 is -0.225. The molecule has 0 saturated heterocycles. The van der Waals surface area contributed by atoms with Gasteiger partial charge in [0.15, 0.2) is 5.69 Å². The molecule has 1 aliphatic carbocycles. The van der Waals surface area contributed by atoms with Gasteiger partial charge in [0.25, 0.3) is 0 Å². The first-order valence-electron chi connectivity index (χ1n) is 10.6. The maximum atomic E-state index is 13.4. The minimum Gasteiger partial charge on any atom is -0.388 e. The molecule has 3 N–H and O–H groups in total. The third kappa shape index (κ3) is 2.83. The second-order valence-corrected chi connectivity index (χ2v) is 8.74. The Morgan fingerprint density at radius 2 is 1.67 bits per heavy atom. The van der Waals surface area contributed by atoms with Crippen LogP contribution in [0.5, 0.6) is 0 Å². The lowest BCUT2D eigenvalue weighted by atomic mass is 9.70. The van der Waals surface area contributed by atoms with Crippen LogP contribution in [0, 0.1) is 5.92 Å². The number of amides is 1. The summed E-state index contributed by atoms with van der Waals surface area (Å²) in [4.78, 5) is 13.4. The molecule has 0 spiro atoms. The molecule has 0 saturated carbocycles. The van der Waals surface area contributed by atoms with Crippen LogP contribution < -0.4 is 10.4 Å². The van der Waals surface area contributed by atoms with Crippen molar-refractivity contribution < 1.29 is 9.90 Å². The van der Waals surface area contributed by atoms with Crippen molar-refractivity contribution in [1.29, 1.82) is 0 Å². The van der Waals surface area contributed by atoms with Crippen LogP contribution in [0.1, 0.15) is 58.3 Å². The molecule has 4 heteroatoms. The fourth-order valence-electron chi connectivity index (χ4n) is 5.52. The number of aliphatic hydroxyl groups excluding tert-OH is 1. The highest BCUT2D eigenvalue weighted by molar-refractivity contribution is 6.03. The van der Waals surface area contributed by atoms with Gasteiger partial charge in [0.2, 0.25) is 0 Å². The molecule has 2 unspecified atom stereocenters. The van der Waals surface area contributed by atoms with Gasteiger partial charge in [0.1, 0.15) is 6.54 Å². The maximum absolute atomic E-state index is 13.4. The zero-order valence-corrected chi connectivity index (χ0v) is 17.1. The summed E-state index contributed by atoms with van der Waals surface area (Å²) >= 11 is 0. The second kappa shape index (κ2) is 7.17. The Kier molecular flexibility index (Phi) is 4.58. The summed E-state index contributed by atoms with van der Waals surface area (Å²) in [6.07, 6.45) is 0.255. The normalized spacial score (nSPS) is 28.0. The molecule has 3 aromatic rings. The highest BCUT2D eigenvalue weighted by atomic mass is 16.3. The number of nitrogens with zero attached hydrogens (tertiary/aromatic N) is 1. The standard InChI is InChI=1S/C26H27N2O2/c1-17(18-9-4-2-5-10-18)22-15-20-16-28(27,26(30)19-11-6-3-7-12-19)23-14-8-13-21(24(20)23)25(22)29/h2-14,17,20,22,25,29H,15-16,27H2,1H3/q+1/t17?,20-,22-,25+,28?/m1/s1. The van der Waals surface area contributed by atoms with Gasteiger partial charge in [-0.25, -0.2) is 4.79 Å². The molecule has 0 fully saturated rings. The molecule has 5 atom stereocenters. The van der Waals surface area contributed by atoms with Crippen molar-refractivity contribution in [2.45, 2.75) is 31.3 Å². The van der Waals surface area contributed by atoms with E-state index in [2.05, 4.69) is 19.1 Å². The summed E-state index contributed by atoms with van der Waals surface area (Å²) in [6, 6.07) is 25.5. The fourth-order valence-corrected chi connectivity index (χ4v) is 5.52. The van der Waals surface area contributed by atoms with Crippen molar-refractivity contribution in [3.8, 4) is 0 Å². The minimum atomic E-state index is -0.565. The zero-order valence-electron chi connectivity index (χ0n) is 17.1. The number of quaternary nitrogens is 1. The monoisotopic (exact) mass is 399 g/mol. The first-order chi connectivity index (χ1) is 14.5. The van der Waals surface area contributed by atoms with E-state index >= 15 is 0 Å². The van der Waals surface area contributed by atoms with Gasteiger partial charge < -0.3 is 5.11 Å². The van der Waals surface area contributed by atoms with E-state index < -0.39 is 6.10 Å². The molecule has 0 radical (unpaired) electrons. The van der Waals surface area contributed by atoms with Crippen molar-refractivity contribution in [3.05, 3.63) is 101 Å². The lowest BCUT2D eigenvalue weighted by Crippen LogP contribution is -2.59. The van der Waals surface area contributed by atoms with Crippen LogP contribution in [0.4, 0.5) is 5.69 Å². The molecule has 1 amide bonds. The van der Waals surface area contributed by atoms with Crippen LogP contribution in [0.15, 0.2) is 78.9 Å². The molecule has 5 rings (SSSR count). The second-order valence-electron chi connectivity index (χ2n) is 8.74. The summed E-state index contributed by atoms with van der Waals surface area (Å²) in [5, 5.41) is 11.3. The molecule has 1 aliphatic heterocycles. The predicted molar refractivity (Wildman–Crippen MR) is 119 cm³/mol. The predicted octanol–water partition coefficient (Wildman–Crippen LogP) is 4.66. The first kappa shape index (κ1) is 19.2. The van der Waals surface area contributed by atoms with Crippen molar-refractivity contribution in [2.75, 3.05) is 6.54 Å².